The second kappa shape index (κ2) is 10.3. The van der Waals surface area contributed by atoms with Crippen molar-refractivity contribution in [3.8, 4) is 28.6 Å². The molecule has 0 saturated carbocycles. The van der Waals surface area contributed by atoms with Crippen LogP contribution in [0.2, 0.25) is 0 Å². The molecule has 34 heavy (non-hydrogen) atoms. The lowest BCUT2D eigenvalue weighted by Crippen LogP contribution is -2.19. The summed E-state index contributed by atoms with van der Waals surface area (Å²) in [5, 5.41) is 19.5. The van der Waals surface area contributed by atoms with Gasteiger partial charge in [-0.15, -0.1) is 5.10 Å². The fourth-order valence-corrected chi connectivity index (χ4v) is 3.17. The van der Waals surface area contributed by atoms with E-state index in [1.807, 2.05) is 38.1 Å². The van der Waals surface area contributed by atoms with Crippen LogP contribution in [0, 0.1) is 0 Å². The van der Waals surface area contributed by atoms with Gasteiger partial charge in [0, 0.05) is 11.1 Å². The van der Waals surface area contributed by atoms with E-state index in [2.05, 4.69) is 31.2 Å². The molecule has 2 heterocycles. The molecule has 0 aliphatic heterocycles. The highest BCUT2D eigenvalue weighted by Gasteiger charge is 2.25. The molecule has 174 valence electrons. The van der Waals surface area contributed by atoms with Crippen molar-refractivity contribution in [1.82, 2.24) is 30.7 Å². The molecule has 3 N–H and O–H groups in total. The molecule has 0 saturated heterocycles. The number of rotatable bonds is 9. The Morgan fingerprint density at radius 1 is 1.15 bits per heavy atom. The number of nitrogens with one attached hydrogen (secondary N) is 1. The Labute approximate surface area is 194 Å². The summed E-state index contributed by atoms with van der Waals surface area (Å²) in [6, 6.07) is 14.4. The molecule has 4 aromatic rings. The Bertz CT molecular complexity index is 1310. The molecule has 0 spiro atoms. The van der Waals surface area contributed by atoms with Crippen molar-refractivity contribution in [2.75, 3.05) is 18.9 Å². The van der Waals surface area contributed by atoms with Crippen molar-refractivity contribution in [3.05, 3.63) is 59.8 Å². The number of amides is 1. The van der Waals surface area contributed by atoms with Crippen LogP contribution in [-0.2, 0) is 0 Å². The fourth-order valence-electron chi connectivity index (χ4n) is 3.17. The zero-order valence-electron chi connectivity index (χ0n) is 18.5. The van der Waals surface area contributed by atoms with Gasteiger partial charge in [-0.2, -0.15) is 9.78 Å². The average molecular weight is 462 g/mol. The number of hydrogen-bond acceptors (Lipinski definition) is 10. The lowest BCUT2D eigenvalue weighted by molar-refractivity contribution is 0.0950. The molecule has 0 bridgehead atoms. The first-order valence-corrected chi connectivity index (χ1v) is 10.4. The minimum atomic E-state index is -0.594. The highest BCUT2D eigenvalue weighted by molar-refractivity contribution is 5.99. The first-order valence-electron chi connectivity index (χ1n) is 10.4. The van der Waals surface area contributed by atoms with Crippen molar-refractivity contribution >= 4 is 17.9 Å². The first-order chi connectivity index (χ1) is 16.6. The van der Waals surface area contributed by atoms with Crippen LogP contribution >= 0.6 is 0 Å². The molecule has 0 aliphatic carbocycles. The number of nitrogens with two attached hydrogens (primary N) is 1. The van der Waals surface area contributed by atoms with Gasteiger partial charge in [0.15, 0.2) is 5.69 Å². The standard InChI is InChI=1S/C22H22N8O4/c1-3-32-16-10-7-9-14(12-16)19-18(25-29-30(19)21-20(23)27-34-28-21)22(31)26-24-13-15-8-5-6-11-17(15)33-4-2/h5-13H,3-4H2,1-2H3,(H2,23,27)(H,26,31). The summed E-state index contributed by atoms with van der Waals surface area (Å²) in [5.41, 5.74) is 9.93. The first kappa shape index (κ1) is 22.5. The monoisotopic (exact) mass is 462 g/mol. The van der Waals surface area contributed by atoms with E-state index < -0.39 is 5.91 Å². The zero-order chi connectivity index (χ0) is 23.9. The van der Waals surface area contributed by atoms with E-state index in [4.69, 9.17) is 19.8 Å². The van der Waals surface area contributed by atoms with Gasteiger partial charge >= 0.3 is 0 Å². The van der Waals surface area contributed by atoms with Crippen LogP contribution in [-0.4, -0.2) is 50.6 Å². The molecule has 12 nitrogen and oxygen atoms in total. The maximum absolute atomic E-state index is 13.0. The van der Waals surface area contributed by atoms with Crippen LogP contribution in [0.3, 0.4) is 0 Å². The largest absolute Gasteiger partial charge is 0.494 e. The van der Waals surface area contributed by atoms with Gasteiger partial charge in [0.2, 0.25) is 11.6 Å². The van der Waals surface area contributed by atoms with Crippen LogP contribution in [0.15, 0.2) is 58.3 Å². The van der Waals surface area contributed by atoms with E-state index in [1.54, 1.807) is 24.3 Å². The molecule has 1 amide bonds. The molecule has 0 atom stereocenters. The van der Waals surface area contributed by atoms with Crippen molar-refractivity contribution < 1.29 is 18.9 Å². The second-order valence-corrected chi connectivity index (χ2v) is 6.80. The van der Waals surface area contributed by atoms with Crippen LogP contribution in [0.4, 0.5) is 5.82 Å². The van der Waals surface area contributed by atoms with Gasteiger partial charge in [0.25, 0.3) is 5.91 Å². The van der Waals surface area contributed by atoms with Crippen LogP contribution in [0.5, 0.6) is 11.5 Å². The Kier molecular flexibility index (Phi) is 6.77. The number of hydrogen-bond donors (Lipinski definition) is 2. The number of anilines is 1. The van der Waals surface area contributed by atoms with Gasteiger partial charge in [0.05, 0.1) is 19.4 Å². The molecular formula is C22H22N8O4. The van der Waals surface area contributed by atoms with E-state index >= 15 is 0 Å². The molecule has 4 rings (SSSR count). The Hall–Kier alpha value is -4.74. The van der Waals surface area contributed by atoms with Gasteiger partial charge in [-0.25, -0.2) is 10.1 Å². The van der Waals surface area contributed by atoms with Gasteiger partial charge in [-0.05, 0) is 48.4 Å². The molecule has 0 fully saturated rings. The van der Waals surface area contributed by atoms with Crippen molar-refractivity contribution in [2.24, 2.45) is 5.10 Å². The molecule has 2 aromatic heterocycles. The van der Waals surface area contributed by atoms with Gasteiger partial charge < -0.3 is 15.2 Å². The number of ether oxygens (including phenoxy) is 2. The van der Waals surface area contributed by atoms with Gasteiger partial charge in [0.1, 0.15) is 17.2 Å². The van der Waals surface area contributed by atoms with Crippen molar-refractivity contribution in [1.29, 1.82) is 0 Å². The van der Waals surface area contributed by atoms with E-state index in [9.17, 15) is 4.79 Å². The Morgan fingerprint density at radius 2 is 1.97 bits per heavy atom. The highest BCUT2D eigenvalue weighted by atomic mass is 16.6. The number of nitrogens with zero attached hydrogens (tertiary/aromatic N) is 6. The quantitative estimate of drug-likeness (QED) is 0.282. The summed E-state index contributed by atoms with van der Waals surface area (Å²) in [7, 11) is 0. The minimum Gasteiger partial charge on any atom is -0.494 e. The van der Waals surface area contributed by atoms with E-state index in [0.717, 1.165) is 0 Å². The summed E-state index contributed by atoms with van der Waals surface area (Å²) in [4.78, 5) is 13.0. The normalized spacial score (nSPS) is 11.0. The topological polar surface area (TPSA) is 156 Å². The lowest BCUT2D eigenvalue weighted by atomic mass is 10.1. The predicted octanol–water partition coefficient (Wildman–Crippen LogP) is 2.46. The summed E-state index contributed by atoms with van der Waals surface area (Å²) >= 11 is 0. The van der Waals surface area contributed by atoms with Gasteiger partial charge in [-0.1, -0.05) is 29.5 Å². The number of benzene rings is 2. The summed E-state index contributed by atoms with van der Waals surface area (Å²) < 4.78 is 17.1. The third-order valence-electron chi connectivity index (χ3n) is 4.59. The molecular weight excluding hydrogens is 440 g/mol. The van der Waals surface area contributed by atoms with Crippen molar-refractivity contribution in [3.63, 3.8) is 0 Å². The molecule has 12 heteroatoms. The highest BCUT2D eigenvalue weighted by Crippen LogP contribution is 2.29. The number of carbonyl (C=O) groups is 1. The molecule has 2 aromatic carbocycles. The molecule has 0 radical (unpaired) electrons. The number of hydrazone groups is 1. The van der Waals surface area contributed by atoms with E-state index in [1.165, 1.54) is 10.9 Å². The minimum absolute atomic E-state index is 0.00806. The SMILES string of the molecule is CCOc1cccc(-c2c(C(=O)NN=Cc3ccccc3OCC)nnn2-c2nonc2N)c1. The second-order valence-electron chi connectivity index (χ2n) is 6.80. The molecule has 0 aliphatic rings. The van der Waals surface area contributed by atoms with E-state index in [0.29, 0.717) is 41.5 Å². The van der Waals surface area contributed by atoms with Crippen molar-refractivity contribution in [2.45, 2.75) is 13.8 Å². The summed E-state index contributed by atoms with van der Waals surface area (Å²) in [6.45, 7) is 4.75. The summed E-state index contributed by atoms with van der Waals surface area (Å²) in [5.74, 6) is 0.748. The number of para-hydroxylation sites is 1. The number of nitrogen functional groups attached to an aromatic ring is 1. The third kappa shape index (κ3) is 4.70. The maximum atomic E-state index is 13.0. The van der Waals surface area contributed by atoms with Gasteiger partial charge in [-0.3, -0.25) is 4.79 Å². The number of aromatic nitrogens is 5. The molecule has 0 unspecified atom stereocenters. The van der Waals surface area contributed by atoms with E-state index in [-0.39, 0.29) is 17.3 Å². The average Bonchev–Trinajstić information content (AvgIpc) is 3.46. The zero-order valence-corrected chi connectivity index (χ0v) is 18.5. The fraction of sp³-hybridized carbons (Fsp3) is 0.182. The maximum Gasteiger partial charge on any atom is 0.294 e. The summed E-state index contributed by atoms with van der Waals surface area (Å²) in [6.07, 6.45) is 1.49. The smallest absolute Gasteiger partial charge is 0.294 e. The Morgan fingerprint density at radius 3 is 2.74 bits per heavy atom. The van der Waals surface area contributed by atoms with Crippen LogP contribution in [0.1, 0.15) is 29.9 Å². The predicted molar refractivity (Wildman–Crippen MR) is 123 cm³/mol. The third-order valence-corrected chi connectivity index (χ3v) is 4.59. The lowest BCUT2D eigenvalue weighted by Gasteiger charge is -2.08. The van der Waals surface area contributed by atoms with Crippen LogP contribution < -0.4 is 20.6 Å². The van der Waals surface area contributed by atoms with Crippen LogP contribution in [0.25, 0.3) is 17.1 Å². The number of carbonyl (C=O) groups excluding carboxylic acids is 1. The Balaban J connectivity index is 1.68.